The molecule has 3 aromatic heterocycles. The van der Waals surface area contributed by atoms with E-state index in [0.717, 1.165) is 84.9 Å². The van der Waals surface area contributed by atoms with Crippen molar-refractivity contribution in [1.29, 1.82) is 0 Å². The Kier molecular flexibility index (Phi) is 9.71. The van der Waals surface area contributed by atoms with Crippen molar-refractivity contribution in [3.8, 4) is 11.6 Å². The van der Waals surface area contributed by atoms with Crippen LogP contribution in [-0.2, 0) is 14.3 Å². The molecular weight excluding hydrogens is 678 g/mol. The average Bonchev–Trinajstić information content (AvgIpc) is 3.38. The Hall–Kier alpha value is -5.47. The number of likely N-dealkylation sites (tertiary alicyclic amines) is 1. The molecule has 4 aliphatic rings. The van der Waals surface area contributed by atoms with E-state index in [1.165, 1.54) is 0 Å². The third-order valence-corrected chi connectivity index (χ3v) is 10.2. The number of hydrogen-bond donors (Lipinski definition) is 2. The molecule has 6 heterocycles. The minimum Gasteiger partial charge on any atom is -0.494 e. The lowest BCUT2D eigenvalue weighted by atomic mass is 9.91. The highest BCUT2D eigenvalue weighted by molar-refractivity contribution is 6.23. The highest BCUT2D eigenvalue weighted by Gasteiger charge is 2.44. The lowest BCUT2D eigenvalue weighted by molar-refractivity contribution is -0.136. The van der Waals surface area contributed by atoms with Gasteiger partial charge in [0.15, 0.2) is 0 Å². The second-order valence-corrected chi connectivity index (χ2v) is 14.1. The standard InChI is InChI=1S/C39H41N7O7/c1-23-19-24(11-14-40-23)41-34-8-5-32-31(42-34)6-10-36(43-32)53-28-20-27(21-28)52-25-12-16-45(17-13-25)15-2-18-51-26-3-4-29-30(22-26)39(50)46(38(29)49)33-7-9-35(47)44-37(33)48/h3-6,8,10-11,14,19,22,25,27-28,33H,2,7,9,12-13,15-18,20-21H2,1H3,(H,40,41,42)(H,44,47,48). The molecule has 1 unspecified atom stereocenters. The number of aryl methyl sites for hydroxylation is 1. The van der Waals surface area contributed by atoms with Gasteiger partial charge in [-0.15, -0.1) is 0 Å². The maximum Gasteiger partial charge on any atom is 0.262 e. The molecule has 14 nitrogen and oxygen atoms in total. The maximum absolute atomic E-state index is 13.1. The summed E-state index contributed by atoms with van der Waals surface area (Å²) >= 11 is 0. The zero-order valence-corrected chi connectivity index (χ0v) is 29.5. The summed E-state index contributed by atoms with van der Waals surface area (Å²) in [5.74, 6) is -0.258. The fourth-order valence-electron chi connectivity index (χ4n) is 7.35. The molecule has 3 fully saturated rings. The number of carbonyl (C=O) groups is 4. The van der Waals surface area contributed by atoms with E-state index >= 15 is 0 Å². The number of fused-ring (bicyclic) bond motifs is 2. The van der Waals surface area contributed by atoms with Gasteiger partial charge in [0.05, 0.1) is 41.0 Å². The normalized spacial score (nSPS) is 22.1. The Morgan fingerprint density at radius 1 is 0.849 bits per heavy atom. The second-order valence-electron chi connectivity index (χ2n) is 14.1. The van der Waals surface area contributed by atoms with Crippen LogP contribution < -0.4 is 20.1 Å². The molecule has 0 spiro atoms. The number of ether oxygens (including phenoxy) is 3. The number of benzene rings is 1. The van der Waals surface area contributed by atoms with E-state index in [1.807, 2.05) is 43.3 Å². The van der Waals surface area contributed by atoms with Crippen molar-refractivity contribution in [1.82, 2.24) is 30.1 Å². The van der Waals surface area contributed by atoms with Gasteiger partial charge in [-0.05, 0) is 81.1 Å². The molecule has 14 heteroatoms. The highest BCUT2D eigenvalue weighted by Crippen LogP contribution is 2.32. The third kappa shape index (κ3) is 7.69. The Balaban J connectivity index is 0.724. The van der Waals surface area contributed by atoms with Crippen molar-refractivity contribution in [2.75, 3.05) is 31.6 Å². The molecule has 1 aliphatic carbocycles. The first-order valence-corrected chi connectivity index (χ1v) is 18.3. The first-order valence-electron chi connectivity index (χ1n) is 18.3. The molecule has 0 radical (unpaired) electrons. The van der Waals surface area contributed by atoms with Crippen LogP contribution in [0.25, 0.3) is 11.0 Å². The molecule has 53 heavy (non-hydrogen) atoms. The Labute approximate surface area is 306 Å². The van der Waals surface area contributed by atoms with Crippen LogP contribution in [0.15, 0.2) is 60.8 Å². The van der Waals surface area contributed by atoms with Gasteiger partial charge in [0.1, 0.15) is 23.7 Å². The molecule has 2 N–H and O–H groups in total. The van der Waals surface area contributed by atoms with Gasteiger partial charge in [0, 0.05) is 62.5 Å². The number of imide groups is 2. The number of piperidine rings is 2. The van der Waals surface area contributed by atoms with Crippen molar-refractivity contribution >= 4 is 46.2 Å². The van der Waals surface area contributed by atoms with Crippen LogP contribution >= 0.6 is 0 Å². The molecule has 4 amide bonds. The van der Waals surface area contributed by atoms with E-state index in [9.17, 15) is 19.2 Å². The summed E-state index contributed by atoms with van der Waals surface area (Å²) in [6, 6.07) is 15.4. The number of amides is 4. The van der Waals surface area contributed by atoms with Gasteiger partial charge in [0.2, 0.25) is 17.7 Å². The fourth-order valence-corrected chi connectivity index (χ4v) is 7.35. The lowest BCUT2D eigenvalue weighted by Gasteiger charge is -2.39. The summed E-state index contributed by atoms with van der Waals surface area (Å²) in [6.45, 7) is 5.21. The van der Waals surface area contributed by atoms with E-state index in [-0.39, 0.29) is 42.3 Å². The number of nitrogens with one attached hydrogen (secondary N) is 2. The van der Waals surface area contributed by atoms with Gasteiger partial charge in [-0.1, -0.05) is 0 Å². The summed E-state index contributed by atoms with van der Waals surface area (Å²) in [7, 11) is 0. The smallest absolute Gasteiger partial charge is 0.262 e. The number of aromatic nitrogens is 3. The van der Waals surface area contributed by atoms with Gasteiger partial charge >= 0.3 is 0 Å². The van der Waals surface area contributed by atoms with Gasteiger partial charge in [0.25, 0.3) is 11.8 Å². The molecule has 3 aliphatic heterocycles. The van der Waals surface area contributed by atoms with E-state index in [0.29, 0.717) is 18.2 Å². The SMILES string of the molecule is Cc1cc(Nc2ccc3nc(OC4CC(OC5CCN(CCCOc6ccc7c(c6)C(=O)N(C6CCC(=O)NC6=O)C7=O)CC5)C4)ccc3n2)ccn1. The summed E-state index contributed by atoms with van der Waals surface area (Å²) in [5.41, 5.74) is 3.89. The fraction of sp³-hybridized carbons (Fsp3) is 0.410. The van der Waals surface area contributed by atoms with E-state index in [2.05, 4.69) is 30.5 Å². The monoisotopic (exact) mass is 719 g/mol. The topological polar surface area (TPSA) is 165 Å². The predicted octanol–water partition coefficient (Wildman–Crippen LogP) is 4.34. The predicted molar refractivity (Wildman–Crippen MR) is 193 cm³/mol. The van der Waals surface area contributed by atoms with Crippen LogP contribution in [0.5, 0.6) is 11.6 Å². The number of pyridine rings is 3. The summed E-state index contributed by atoms with van der Waals surface area (Å²) in [6.07, 6.45) is 6.95. The quantitative estimate of drug-likeness (QED) is 0.158. The number of hydrogen-bond acceptors (Lipinski definition) is 12. The van der Waals surface area contributed by atoms with Crippen LogP contribution in [0.1, 0.15) is 71.4 Å². The Bertz CT molecular complexity index is 2060. The van der Waals surface area contributed by atoms with Gasteiger partial charge < -0.3 is 24.4 Å². The van der Waals surface area contributed by atoms with Crippen LogP contribution in [-0.4, -0.2) is 99.0 Å². The van der Waals surface area contributed by atoms with Crippen LogP contribution in [0.3, 0.4) is 0 Å². The molecule has 8 rings (SSSR count). The van der Waals surface area contributed by atoms with Crippen molar-refractivity contribution in [2.45, 2.75) is 76.2 Å². The maximum atomic E-state index is 13.1. The average molecular weight is 720 g/mol. The van der Waals surface area contributed by atoms with E-state index < -0.39 is 29.7 Å². The number of anilines is 2. The third-order valence-electron chi connectivity index (χ3n) is 10.2. The van der Waals surface area contributed by atoms with Crippen LogP contribution in [0, 0.1) is 6.92 Å². The summed E-state index contributed by atoms with van der Waals surface area (Å²) < 4.78 is 18.5. The zero-order chi connectivity index (χ0) is 36.5. The van der Waals surface area contributed by atoms with E-state index in [1.54, 1.807) is 24.4 Å². The second kappa shape index (κ2) is 14.9. The number of rotatable bonds is 12. The number of carbonyl (C=O) groups excluding carboxylic acids is 4. The van der Waals surface area contributed by atoms with Crippen molar-refractivity contribution in [3.63, 3.8) is 0 Å². The van der Waals surface area contributed by atoms with Crippen molar-refractivity contribution < 1.29 is 33.4 Å². The highest BCUT2D eigenvalue weighted by atomic mass is 16.5. The Morgan fingerprint density at radius 2 is 1.64 bits per heavy atom. The molecule has 274 valence electrons. The molecule has 1 saturated carbocycles. The molecule has 1 atom stereocenters. The minimum absolute atomic E-state index is 0.0817. The molecule has 1 aromatic carbocycles. The minimum atomic E-state index is -0.988. The van der Waals surface area contributed by atoms with Gasteiger partial charge in [-0.3, -0.25) is 34.4 Å². The molecular formula is C39H41N7O7. The molecule has 0 bridgehead atoms. The van der Waals surface area contributed by atoms with Crippen molar-refractivity contribution in [3.05, 3.63) is 77.6 Å². The van der Waals surface area contributed by atoms with Crippen molar-refractivity contribution in [2.24, 2.45) is 0 Å². The summed E-state index contributed by atoms with van der Waals surface area (Å²) in [5, 5.41) is 5.53. The van der Waals surface area contributed by atoms with Crippen LogP contribution in [0.4, 0.5) is 11.5 Å². The summed E-state index contributed by atoms with van der Waals surface area (Å²) in [4.78, 5) is 66.8. The van der Waals surface area contributed by atoms with Gasteiger partial charge in [-0.2, -0.15) is 0 Å². The van der Waals surface area contributed by atoms with Crippen LogP contribution in [0.2, 0.25) is 0 Å². The first kappa shape index (κ1) is 34.6. The number of nitrogens with zero attached hydrogens (tertiary/aromatic N) is 5. The first-order chi connectivity index (χ1) is 25.8. The largest absolute Gasteiger partial charge is 0.494 e. The van der Waals surface area contributed by atoms with E-state index in [4.69, 9.17) is 14.2 Å². The lowest BCUT2D eigenvalue weighted by Crippen LogP contribution is -2.54. The molecule has 4 aromatic rings. The van der Waals surface area contributed by atoms with Gasteiger partial charge in [-0.25, -0.2) is 9.97 Å². The molecule has 2 saturated heterocycles. The zero-order valence-electron chi connectivity index (χ0n) is 29.5. The Morgan fingerprint density at radius 3 is 2.45 bits per heavy atom.